The van der Waals surface area contributed by atoms with Crippen molar-refractivity contribution in [3.05, 3.63) is 69.2 Å². The van der Waals surface area contributed by atoms with Crippen LogP contribution in [0.1, 0.15) is 77.5 Å². The van der Waals surface area contributed by atoms with Gasteiger partial charge in [-0.1, -0.05) is 88.2 Å². The lowest BCUT2D eigenvalue weighted by atomic mass is 9.86. The minimum absolute atomic E-state index is 0.0461. The van der Waals surface area contributed by atoms with Gasteiger partial charge in [0.2, 0.25) is 11.8 Å². The van der Waals surface area contributed by atoms with E-state index < -0.39 is 6.04 Å². The van der Waals surface area contributed by atoms with Crippen LogP contribution in [-0.4, -0.2) is 28.8 Å². The van der Waals surface area contributed by atoms with Gasteiger partial charge in [0.1, 0.15) is 6.04 Å². The molecule has 4 nitrogen and oxygen atoms in total. The maximum absolute atomic E-state index is 13.4. The van der Waals surface area contributed by atoms with Crippen LogP contribution in [0.3, 0.4) is 0 Å². The molecule has 2 atom stereocenters. The fourth-order valence-corrected chi connectivity index (χ4v) is 4.08. The van der Waals surface area contributed by atoms with Gasteiger partial charge < -0.3 is 10.2 Å². The van der Waals surface area contributed by atoms with Crippen molar-refractivity contribution in [1.82, 2.24) is 10.2 Å². The van der Waals surface area contributed by atoms with E-state index in [2.05, 4.69) is 50.4 Å². The summed E-state index contributed by atoms with van der Waals surface area (Å²) >= 11 is 12.3. The van der Waals surface area contributed by atoms with Gasteiger partial charge >= 0.3 is 0 Å². The Morgan fingerprint density at radius 3 is 2.09 bits per heavy atom. The van der Waals surface area contributed by atoms with Crippen molar-refractivity contribution >= 4 is 35.0 Å². The summed E-state index contributed by atoms with van der Waals surface area (Å²) in [7, 11) is 0. The second-order valence-corrected chi connectivity index (χ2v) is 10.8. The molecule has 34 heavy (non-hydrogen) atoms. The summed E-state index contributed by atoms with van der Waals surface area (Å²) in [6, 6.07) is 13.2. The molecule has 0 fully saturated rings. The van der Waals surface area contributed by atoms with E-state index in [-0.39, 0.29) is 23.3 Å². The van der Waals surface area contributed by atoms with Crippen molar-refractivity contribution in [2.45, 2.75) is 91.3 Å². The Morgan fingerprint density at radius 1 is 0.941 bits per heavy atom. The molecule has 2 aromatic carbocycles. The number of rotatable bonds is 10. The topological polar surface area (TPSA) is 49.4 Å². The van der Waals surface area contributed by atoms with Crippen molar-refractivity contribution < 1.29 is 9.59 Å². The summed E-state index contributed by atoms with van der Waals surface area (Å²) in [5.74, 6) is -0.183. The van der Waals surface area contributed by atoms with Crippen molar-refractivity contribution in [1.29, 1.82) is 0 Å². The number of nitrogens with zero attached hydrogens (tertiary/aromatic N) is 1. The summed E-state index contributed by atoms with van der Waals surface area (Å²) in [5, 5.41) is 3.93. The van der Waals surface area contributed by atoms with Crippen LogP contribution in [-0.2, 0) is 28.0 Å². The average Bonchev–Trinajstić information content (AvgIpc) is 2.79. The molecule has 0 aromatic heterocycles. The molecule has 0 radical (unpaired) electrons. The molecule has 0 saturated carbocycles. The smallest absolute Gasteiger partial charge is 0.243 e. The van der Waals surface area contributed by atoms with Crippen LogP contribution >= 0.6 is 23.2 Å². The lowest BCUT2D eigenvalue weighted by Gasteiger charge is -2.31. The predicted molar refractivity (Wildman–Crippen MR) is 142 cm³/mol. The van der Waals surface area contributed by atoms with Gasteiger partial charge in [0.25, 0.3) is 0 Å². The molecule has 2 rings (SSSR count). The SMILES string of the molecule is CC[C@H](C)NC(=O)[C@H](CC)N(Cc1ccc(Cl)c(Cl)c1)C(=O)CCc1ccc(C(C)(C)C)cc1. The first-order valence-electron chi connectivity index (χ1n) is 12.1. The molecule has 0 aliphatic heterocycles. The molecule has 0 aliphatic rings. The van der Waals surface area contributed by atoms with Gasteiger partial charge in [0.05, 0.1) is 10.0 Å². The number of nitrogens with one attached hydrogen (secondary N) is 1. The molecule has 0 spiro atoms. The highest BCUT2D eigenvalue weighted by Crippen LogP contribution is 2.25. The van der Waals surface area contributed by atoms with Gasteiger partial charge in [-0.25, -0.2) is 0 Å². The number of amides is 2. The average molecular weight is 506 g/mol. The number of carbonyl (C=O) groups excluding carboxylic acids is 2. The Hall–Kier alpha value is -2.04. The predicted octanol–water partition coefficient (Wildman–Crippen LogP) is 6.95. The van der Waals surface area contributed by atoms with Crippen molar-refractivity contribution in [2.24, 2.45) is 0 Å². The van der Waals surface area contributed by atoms with E-state index in [1.165, 1.54) is 5.56 Å². The monoisotopic (exact) mass is 504 g/mol. The summed E-state index contributed by atoms with van der Waals surface area (Å²) in [6.07, 6.45) is 2.29. The number of halogens is 2. The number of aryl methyl sites for hydroxylation is 1. The van der Waals surface area contributed by atoms with Gasteiger partial charge in [-0.2, -0.15) is 0 Å². The molecule has 1 N–H and O–H groups in total. The highest BCUT2D eigenvalue weighted by atomic mass is 35.5. The van der Waals surface area contributed by atoms with Crippen LogP contribution in [0.4, 0.5) is 0 Å². The van der Waals surface area contributed by atoms with E-state index in [0.717, 1.165) is 17.5 Å². The molecule has 2 amide bonds. The maximum Gasteiger partial charge on any atom is 0.243 e. The third kappa shape index (κ3) is 8.02. The second kappa shape index (κ2) is 12.6. The third-order valence-electron chi connectivity index (χ3n) is 6.17. The summed E-state index contributed by atoms with van der Waals surface area (Å²) in [5.41, 5.74) is 3.29. The minimum atomic E-state index is -0.556. The van der Waals surface area contributed by atoms with Crippen LogP contribution in [0.2, 0.25) is 10.0 Å². The lowest BCUT2D eigenvalue weighted by Crippen LogP contribution is -2.50. The number of hydrogen-bond donors (Lipinski definition) is 1. The summed E-state index contributed by atoms with van der Waals surface area (Å²) < 4.78 is 0. The van der Waals surface area contributed by atoms with E-state index in [1.54, 1.807) is 17.0 Å². The van der Waals surface area contributed by atoms with Gasteiger partial charge in [-0.15, -0.1) is 0 Å². The van der Waals surface area contributed by atoms with Gasteiger partial charge in [0, 0.05) is 19.0 Å². The van der Waals surface area contributed by atoms with Crippen molar-refractivity contribution in [2.75, 3.05) is 0 Å². The van der Waals surface area contributed by atoms with Crippen molar-refractivity contribution in [3.63, 3.8) is 0 Å². The van der Waals surface area contributed by atoms with Crippen LogP contribution in [0.25, 0.3) is 0 Å². The molecule has 2 aromatic rings. The summed E-state index contributed by atoms with van der Waals surface area (Å²) in [6.45, 7) is 12.8. The van der Waals surface area contributed by atoms with Crippen LogP contribution in [0.15, 0.2) is 42.5 Å². The number of carbonyl (C=O) groups is 2. The molecular weight excluding hydrogens is 467 g/mol. The normalized spacial score (nSPS) is 13.3. The molecule has 0 heterocycles. The summed E-state index contributed by atoms with van der Waals surface area (Å²) in [4.78, 5) is 28.2. The zero-order valence-corrected chi connectivity index (χ0v) is 22.8. The Bertz CT molecular complexity index is 967. The molecule has 0 aliphatic carbocycles. The highest BCUT2D eigenvalue weighted by molar-refractivity contribution is 6.42. The Labute approximate surface area is 215 Å². The Morgan fingerprint density at radius 2 is 1.56 bits per heavy atom. The molecule has 0 unspecified atom stereocenters. The fraction of sp³-hybridized carbons (Fsp3) is 0.500. The molecule has 0 saturated heterocycles. The van der Waals surface area contributed by atoms with E-state index in [0.29, 0.717) is 35.9 Å². The van der Waals surface area contributed by atoms with E-state index in [4.69, 9.17) is 23.2 Å². The first-order valence-corrected chi connectivity index (χ1v) is 12.8. The first-order chi connectivity index (χ1) is 16.0. The minimum Gasteiger partial charge on any atom is -0.352 e. The zero-order chi connectivity index (χ0) is 25.5. The third-order valence-corrected chi connectivity index (χ3v) is 6.91. The van der Waals surface area contributed by atoms with Gasteiger partial charge in [-0.05, 0) is 60.4 Å². The molecule has 6 heteroatoms. The highest BCUT2D eigenvalue weighted by Gasteiger charge is 2.29. The van der Waals surface area contributed by atoms with E-state index in [1.807, 2.05) is 26.8 Å². The quantitative estimate of drug-likeness (QED) is 0.380. The Balaban J connectivity index is 2.23. The van der Waals surface area contributed by atoms with E-state index >= 15 is 0 Å². The molecule has 186 valence electrons. The van der Waals surface area contributed by atoms with Crippen LogP contribution < -0.4 is 5.32 Å². The van der Waals surface area contributed by atoms with E-state index in [9.17, 15) is 9.59 Å². The fourth-order valence-electron chi connectivity index (χ4n) is 3.76. The van der Waals surface area contributed by atoms with Crippen LogP contribution in [0, 0.1) is 0 Å². The zero-order valence-electron chi connectivity index (χ0n) is 21.3. The molecular formula is C28H38Cl2N2O2. The number of benzene rings is 2. The second-order valence-electron chi connectivity index (χ2n) is 9.96. The standard InChI is InChI=1S/C28H38Cl2N2O2/c1-7-19(3)31-27(34)25(8-2)32(18-21-11-15-23(29)24(30)17-21)26(33)16-12-20-9-13-22(14-10-20)28(4,5)6/h9-11,13-15,17,19,25H,7-8,12,16,18H2,1-6H3,(H,31,34)/t19-,25-/m0/s1. The van der Waals surface area contributed by atoms with Crippen LogP contribution in [0.5, 0.6) is 0 Å². The van der Waals surface area contributed by atoms with Gasteiger partial charge in [-0.3, -0.25) is 9.59 Å². The maximum atomic E-state index is 13.4. The first kappa shape index (κ1) is 28.2. The number of hydrogen-bond acceptors (Lipinski definition) is 2. The molecule has 0 bridgehead atoms. The Kier molecular flexibility index (Phi) is 10.5. The van der Waals surface area contributed by atoms with Gasteiger partial charge in [0.15, 0.2) is 0 Å². The van der Waals surface area contributed by atoms with Crippen molar-refractivity contribution in [3.8, 4) is 0 Å². The lowest BCUT2D eigenvalue weighted by molar-refractivity contribution is -0.141. The largest absolute Gasteiger partial charge is 0.352 e.